The van der Waals surface area contributed by atoms with Crippen LogP contribution in [0.3, 0.4) is 0 Å². The molecule has 1 aromatic carbocycles. The SMILES string of the molecule is CN(CC1CCCC1O)C(=O)c1ccc(-c2ccccc2)[nH]c1=O. The number of hydrogen-bond donors (Lipinski definition) is 2. The molecule has 5 heteroatoms. The number of benzene rings is 1. The summed E-state index contributed by atoms with van der Waals surface area (Å²) in [5.41, 5.74) is 1.33. The van der Waals surface area contributed by atoms with Crippen molar-refractivity contribution in [2.75, 3.05) is 13.6 Å². The van der Waals surface area contributed by atoms with E-state index in [1.54, 1.807) is 19.2 Å². The van der Waals surface area contributed by atoms with Crippen LogP contribution in [-0.4, -0.2) is 40.6 Å². The second kappa shape index (κ2) is 7.01. The van der Waals surface area contributed by atoms with E-state index in [1.807, 2.05) is 30.3 Å². The lowest BCUT2D eigenvalue weighted by Crippen LogP contribution is -2.37. The number of rotatable bonds is 4. The summed E-state index contributed by atoms with van der Waals surface area (Å²) in [5.74, 6) is -0.211. The second-order valence-electron chi connectivity index (χ2n) is 6.42. The highest BCUT2D eigenvalue weighted by atomic mass is 16.3. The zero-order chi connectivity index (χ0) is 17.1. The summed E-state index contributed by atoms with van der Waals surface area (Å²) in [7, 11) is 1.68. The number of H-pyrrole nitrogens is 1. The molecule has 1 aromatic heterocycles. The molecule has 5 nitrogen and oxygen atoms in total. The topological polar surface area (TPSA) is 73.4 Å². The van der Waals surface area contributed by atoms with Gasteiger partial charge >= 0.3 is 0 Å². The number of nitrogens with one attached hydrogen (secondary N) is 1. The van der Waals surface area contributed by atoms with Gasteiger partial charge in [0.05, 0.1) is 6.10 Å². The molecule has 24 heavy (non-hydrogen) atoms. The lowest BCUT2D eigenvalue weighted by molar-refractivity contribution is 0.0692. The number of hydrogen-bond acceptors (Lipinski definition) is 3. The Hall–Kier alpha value is -2.40. The Morgan fingerprint density at radius 1 is 1.21 bits per heavy atom. The first-order valence-electron chi connectivity index (χ1n) is 8.28. The lowest BCUT2D eigenvalue weighted by Gasteiger charge is -2.23. The van der Waals surface area contributed by atoms with Crippen molar-refractivity contribution in [2.45, 2.75) is 25.4 Å². The fourth-order valence-electron chi connectivity index (χ4n) is 3.30. The van der Waals surface area contributed by atoms with Crippen LogP contribution in [0.15, 0.2) is 47.3 Å². The molecule has 126 valence electrons. The molecule has 1 amide bonds. The molecule has 0 aliphatic heterocycles. The molecule has 0 radical (unpaired) electrons. The first kappa shape index (κ1) is 16.5. The molecule has 2 aromatic rings. The van der Waals surface area contributed by atoms with Crippen molar-refractivity contribution in [3.05, 3.63) is 58.4 Å². The third kappa shape index (κ3) is 3.41. The van der Waals surface area contributed by atoms with E-state index >= 15 is 0 Å². The van der Waals surface area contributed by atoms with E-state index in [9.17, 15) is 14.7 Å². The van der Waals surface area contributed by atoms with Crippen LogP contribution in [0, 0.1) is 5.92 Å². The van der Waals surface area contributed by atoms with E-state index in [1.165, 1.54) is 4.90 Å². The maximum absolute atomic E-state index is 12.5. The van der Waals surface area contributed by atoms with Crippen molar-refractivity contribution in [3.8, 4) is 11.3 Å². The minimum Gasteiger partial charge on any atom is -0.393 e. The molecular weight excluding hydrogens is 304 g/mol. The van der Waals surface area contributed by atoms with Gasteiger partial charge in [0, 0.05) is 25.2 Å². The fourth-order valence-corrected chi connectivity index (χ4v) is 3.30. The van der Waals surface area contributed by atoms with E-state index in [-0.39, 0.29) is 29.1 Å². The van der Waals surface area contributed by atoms with Crippen LogP contribution in [0.4, 0.5) is 0 Å². The normalized spacial score (nSPS) is 20.1. The number of aromatic amines is 1. The monoisotopic (exact) mass is 326 g/mol. The number of aliphatic hydroxyl groups excluding tert-OH is 1. The highest BCUT2D eigenvalue weighted by molar-refractivity contribution is 5.94. The summed E-state index contributed by atoms with van der Waals surface area (Å²) in [6.07, 6.45) is 2.35. The molecule has 0 bridgehead atoms. The Morgan fingerprint density at radius 3 is 2.58 bits per heavy atom. The molecule has 1 aliphatic carbocycles. The van der Waals surface area contributed by atoms with Crippen LogP contribution < -0.4 is 5.56 Å². The van der Waals surface area contributed by atoms with Crippen molar-refractivity contribution in [2.24, 2.45) is 5.92 Å². The van der Waals surface area contributed by atoms with Crippen molar-refractivity contribution >= 4 is 5.91 Å². The van der Waals surface area contributed by atoms with E-state index in [4.69, 9.17) is 0 Å². The van der Waals surface area contributed by atoms with Gasteiger partial charge in [0.2, 0.25) is 0 Å². The molecule has 2 atom stereocenters. The number of carbonyl (C=O) groups excluding carboxylic acids is 1. The van der Waals surface area contributed by atoms with E-state index in [0.717, 1.165) is 24.8 Å². The number of aliphatic hydroxyl groups is 1. The third-order valence-corrected chi connectivity index (χ3v) is 4.70. The lowest BCUT2D eigenvalue weighted by atomic mass is 10.1. The maximum atomic E-state index is 12.5. The van der Waals surface area contributed by atoms with Crippen molar-refractivity contribution in [3.63, 3.8) is 0 Å². The summed E-state index contributed by atoms with van der Waals surface area (Å²) >= 11 is 0. The Morgan fingerprint density at radius 2 is 1.96 bits per heavy atom. The van der Waals surface area contributed by atoms with Crippen LogP contribution in [0.5, 0.6) is 0 Å². The molecule has 1 aliphatic rings. The number of nitrogens with zero attached hydrogens (tertiary/aromatic N) is 1. The zero-order valence-corrected chi connectivity index (χ0v) is 13.7. The standard InChI is InChI=1S/C19H22N2O3/c1-21(12-14-8-5-9-17(14)22)19(24)15-10-11-16(20-18(15)23)13-6-3-2-4-7-13/h2-4,6-7,10-11,14,17,22H,5,8-9,12H2,1H3,(H,20,23). The van der Waals surface area contributed by atoms with E-state index < -0.39 is 0 Å². The molecule has 1 heterocycles. The number of aromatic nitrogens is 1. The van der Waals surface area contributed by atoms with Crippen LogP contribution in [0.25, 0.3) is 11.3 Å². The maximum Gasteiger partial charge on any atom is 0.261 e. The molecule has 0 spiro atoms. The third-order valence-electron chi connectivity index (χ3n) is 4.70. The average Bonchev–Trinajstić information content (AvgIpc) is 3.00. The average molecular weight is 326 g/mol. The molecule has 2 unspecified atom stereocenters. The second-order valence-corrected chi connectivity index (χ2v) is 6.42. The highest BCUT2D eigenvalue weighted by Gasteiger charge is 2.28. The minimum atomic E-state index is -0.389. The fraction of sp³-hybridized carbons (Fsp3) is 0.368. The van der Waals surface area contributed by atoms with Gasteiger partial charge in [-0.05, 0) is 30.5 Å². The predicted molar refractivity (Wildman–Crippen MR) is 92.8 cm³/mol. The van der Waals surface area contributed by atoms with Gasteiger partial charge in [0.25, 0.3) is 11.5 Å². The largest absolute Gasteiger partial charge is 0.393 e. The Balaban J connectivity index is 1.76. The number of amides is 1. The summed E-state index contributed by atoms with van der Waals surface area (Å²) in [6.45, 7) is 0.472. The quantitative estimate of drug-likeness (QED) is 0.905. The Kier molecular flexibility index (Phi) is 4.81. The number of pyridine rings is 1. The number of carbonyl (C=O) groups is 1. The van der Waals surface area contributed by atoms with Gasteiger partial charge in [-0.2, -0.15) is 0 Å². The van der Waals surface area contributed by atoms with Gasteiger partial charge < -0.3 is 15.0 Å². The van der Waals surface area contributed by atoms with Crippen molar-refractivity contribution < 1.29 is 9.90 Å². The summed E-state index contributed by atoms with van der Waals surface area (Å²) < 4.78 is 0. The summed E-state index contributed by atoms with van der Waals surface area (Å²) in [4.78, 5) is 29.2. The van der Waals surface area contributed by atoms with Crippen LogP contribution in [-0.2, 0) is 0 Å². The Labute approximate surface area is 140 Å². The van der Waals surface area contributed by atoms with Gasteiger partial charge in [-0.3, -0.25) is 9.59 Å². The zero-order valence-electron chi connectivity index (χ0n) is 13.7. The molecule has 1 saturated carbocycles. The summed E-state index contributed by atoms with van der Waals surface area (Å²) in [6, 6.07) is 12.8. The molecular formula is C19H22N2O3. The molecule has 2 N–H and O–H groups in total. The van der Waals surface area contributed by atoms with Crippen LogP contribution in [0.2, 0.25) is 0 Å². The highest BCUT2D eigenvalue weighted by Crippen LogP contribution is 2.26. The van der Waals surface area contributed by atoms with Gasteiger partial charge in [0.15, 0.2) is 0 Å². The van der Waals surface area contributed by atoms with Crippen LogP contribution in [0.1, 0.15) is 29.6 Å². The first-order chi connectivity index (χ1) is 11.6. The van der Waals surface area contributed by atoms with Crippen molar-refractivity contribution in [1.82, 2.24) is 9.88 Å². The van der Waals surface area contributed by atoms with Gasteiger partial charge in [-0.15, -0.1) is 0 Å². The van der Waals surface area contributed by atoms with Gasteiger partial charge in [-0.25, -0.2) is 0 Å². The Bertz CT molecular complexity index is 770. The first-order valence-corrected chi connectivity index (χ1v) is 8.28. The van der Waals surface area contributed by atoms with Gasteiger partial charge in [0.1, 0.15) is 5.56 Å². The van der Waals surface area contributed by atoms with Crippen molar-refractivity contribution in [1.29, 1.82) is 0 Å². The molecule has 0 saturated heterocycles. The molecule has 1 fully saturated rings. The smallest absolute Gasteiger partial charge is 0.261 e. The molecule has 3 rings (SSSR count). The van der Waals surface area contributed by atoms with Gasteiger partial charge in [-0.1, -0.05) is 36.8 Å². The minimum absolute atomic E-state index is 0.0987. The van der Waals surface area contributed by atoms with E-state index in [2.05, 4.69) is 4.98 Å². The van der Waals surface area contributed by atoms with Crippen LogP contribution >= 0.6 is 0 Å². The summed E-state index contributed by atoms with van der Waals surface area (Å²) in [5, 5.41) is 9.90. The predicted octanol–water partition coefficient (Wildman–Crippen LogP) is 2.27. The van der Waals surface area contributed by atoms with E-state index in [0.29, 0.717) is 12.2 Å².